The molecular formula is C16H23NO2. The molecule has 3 nitrogen and oxygen atoms in total. The monoisotopic (exact) mass is 261 g/mol. The highest BCUT2D eigenvalue weighted by molar-refractivity contribution is 5.94. The highest BCUT2D eigenvalue weighted by Crippen LogP contribution is 2.24. The van der Waals surface area contributed by atoms with Crippen LogP contribution in [0.3, 0.4) is 0 Å². The number of hydrogen-bond donors (Lipinski definition) is 0. The van der Waals surface area contributed by atoms with Crippen molar-refractivity contribution < 1.29 is 9.53 Å². The Labute approximate surface area is 115 Å². The molecule has 0 unspecified atom stereocenters. The molecule has 0 aliphatic carbocycles. The quantitative estimate of drug-likeness (QED) is 0.833. The molecule has 2 rings (SSSR count). The van der Waals surface area contributed by atoms with Crippen LogP contribution in [0, 0.1) is 0 Å². The second kappa shape index (κ2) is 6.71. The molecule has 0 aromatic heterocycles. The van der Waals surface area contributed by atoms with Crippen LogP contribution in [0.25, 0.3) is 0 Å². The summed E-state index contributed by atoms with van der Waals surface area (Å²) in [6, 6.07) is 8.12. The molecule has 1 saturated heterocycles. The van der Waals surface area contributed by atoms with Gasteiger partial charge in [0.05, 0.1) is 13.2 Å². The van der Waals surface area contributed by atoms with Crippen molar-refractivity contribution in [2.75, 3.05) is 26.3 Å². The molecule has 1 aromatic rings. The van der Waals surface area contributed by atoms with Crippen molar-refractivity contribution in [2.45, 2.75) is 32.6 Å². The molecule has 0 radical (unpaired) electrons. The average Bonchev–Trinajstić information content (AvgIpc) is 2.49. The molecule has 0 atom stereocenters. The van der Waals surface area contributed by atoms with E-state index in [1.54, 1.807) is 0 Å². The van der Waals surface area contributed by atoms with E-state index in [4.69, 9.17) is 4.74 Å². The highest BCUT2D eigenvalue weighted by atomic mass is 16.5. The first-order valence-corrected chi connectivity index (χ1v) is 7.23. The van der Waals surface area contributed by atoms with E-state index in [-0.39, 0.29) is 5.91 Å². The number of amides is 1. The number of benzene rings is 1. The normalized spacial score (nSPS) is 15.8. The molecule has 1 aromatic carbocycles. The largest absolute Gasteiger partial charge is 0.378 e. The minimum atomic E-state index is 0.135. The number of hydrogen-bond acceptors (Lipinski definition) is 2. The molecule has 0 bridgehead atoms. The summed E-state index contributed by atoms with van der Waals surface area (Å²) in [7, 11) is 0. The number of carbonyl (C=O) groups is 1. The fraction of sp³-hybridized carbons (Fsp3) is 0.562. The Balaban J connectivity index is 2.15. The van der Waals surface area contributed by atoms with Gasteiger partial charge in [-0.2, -0.15) is 0 Å². The third-order valence-electron chi connectivity index (χ3n) is 3.89. The van der Waals surface area contributed by atoms with Crippen LogP contribution in [-0.2, 0) is 4.74 Å². The highest BCUT2D eigenvalue weighted by Gasteiger charge is 2.19. The molecular weight excluding hydrogens is 238 g/mol. The maximum atomic E-state index is 12.4. The van der Waals surface area contributed by atoms with Crippen molar-refractivity contribution in [3.63, 3.8) is 0 Å². The lowest BCUT2D eigenvalue weighted by atomic mass is 9.92. The van der Waals surface area contributed by atoms with Gasteiger partial charge in [0.1, 0.15) is 0 Å². The first-order valence-electron chi connectivity index (χ1n) is 7.23. The maximum Gasteiger partial charge on any atom is 0.254 e. The molecule has 19 heavy (non-hydrogen) atoms. The number of morpholine rings is 1. The minimum Gasteiger partial charge on any atom is -0.378 e. The van der Waals surface area contributed by atoms with Crippen molar-refractivity contribution in [3.05, 3.63) is 35.4 Å². The van der Waals surface area contributed by atoms with E-state index in [1.165, 1.54) is 5.56 Å². The summed E-state index contributed by atoms with van der Waals surface area (Å²) in [4.78, 5) is 14.3. The Kier molecular flexibility index (Phi) is 4.97. The zero-order valence-electron chi connectivity index (χ0n) is 11.9. The van der Waals surface area contributed by atoms with Crippen molar-refractivity contribution in [2.24, 2.45) is 0 Å². The van der Waals surface area contributed by atoms with E-state index in [0.717, 1.165) is 18.4 Å². The van der Waals surface area contributed by atoms with Gasteiger partial charge < -0.3 is 9.64 Å². The Morgan fingerprint density at radius 1 is 1.26 bits per heavy atom. The topological polar surface area (TPSA) is 29.5 Å². The summed E-state index contributed by atoms with van der Waals surface area (Å²) >= 11 is 0. The summed E-state index contributed by atoms with van der Waals surface area (Å²) < 4.78 is 5.29. The minimum absolute atomic E-state index is 0.135. The molecule has 0 spiro atoms. The van der Waals surface area contributed by atoms with Crippen molar-refractivity contribution in [1.29, 1.82) is 0 Å². The summed E-state index contributed by atoms with van der Waals surface area (Å²) in [5.74, 6) is 0.688. The van der Waals surface area contributed by atoms with Gasteiger partial charge in [-0.05, 0) is 36.5 Å². The third kappa shape index (κ3) is 3.35. The van der Waals surface area contributed by atoms with Gasteiger partial charge in [0, 0.05) is 18.7 Å². The Morgan fingerprint density at radius 2 is 1.95 bits per heavy atom. The van der Waals surface area contributed by atoms with Crippen LogP contribution >= 0.6 is 0 Å². The maximum absolute atomic E-state index is 12.4. The zero-order chi connectivity index (χ0) is 13.7. The summed E-state index contributed by atoms with van der Waals surface area (Å²) in [6.45, 7) is 7.10. The molecule has 1 heterocycles. The van der Waals surface area contributed by atoms with Gasteiger partial charge in [0.2, 0.25) is 0 Å². The summed E-state index contributed by atoms with van der Waals surface area (Å²) in [5, 5.41) is 0. The molecule has 0 saturated carbocycles. The predicted molar refractivity (Wildman–Crippen MR) is 76.5 cm³/mol. The SMILES string of the molecule is CCC(CC)c1cccc(C(=O)N2CCOCC2)c1. The number of nitrogens with zero attached hydrogens (tertiary/aromatic N) is 1. The van der Waals surface area contributed by atoms with E-state index < -0.39 is 0 Å². The van der Waals surface area contributed by atoms with Gasteiger partial charge in [0.25, 0.3) is 5.91 Å². The van der Waals surface area contributed by atoms with E-state index in [1.807, 2.05) is 17.0 Å². The van der Waals surface area contributed by atoms with Crippen molar-refractivity contribution >= 4 is 5.91 Å². The molecule has 1 amide bonds. The van der Waals surface area contributed by atoms with Gasteiger partial charge in [-0.15, -0.1) is 0 Å². The smallest absolute Gasteiger partial charge is 0.254 e. The lowest BCUT2D eigenvalue weighted by Gasteiger charge is -2.27. The van der Waals surface area contributed by atoms with Gasteiger partial charge in [0.15, 0.2) is 0 Å². The molecule has 3 heteroatoms. The fourth-order valence-corrected chi connectivity index (χ4v) is 2.63. The van der Waals surface area contributed by atoms with Crippen LogP contribution in [0.15, 0.2) is 24.3 Å². The summed E-state index contributed by atoms with van der Waals surface area (Å²) in [6.07, 6.45) is 2.23. The molecule has 1 fully saturated rings. The second-order valence-corrected chi connectivity index (χ2v) is 5.04. The van der Waals surface area contributed by atoms with Gasteiger partial charge >= 0.3 is 0 Å². The van der Waals surface area contributed by atoms with Crippen LogP contribution in [0.5, 0.6) is 0 Å². The molecule has 0 N–H and O–H groups in total. The second-order valence-electron chi connectivity index (χ2n) is 5.04. The van der Waals surface area contributed by atoms with Crippen LogP contribution in [0.2, 0.25) is 0 Å². The predicted octanol–water partition coefficient (Wildman–Crippen LogP) is 3.06. The van der Waals surface area contributed by atoms with Crippen LogP contribution in [0.1, 0.15) is 48.5 Å². The Hall–Kier alpha value is -1.35. The van der Waals surface area contributed by atoms with Gasteiger partial charge in [-0.3, -0.25) is 4.79 Å². The average molecular weight is 261 g/mol. The first kappa shape index (κ1) is 14.1. The van der Waals surface area contributed by atoms with Crippen molar-refractivity contribution in [3.8, 4) is 0 Å². The standard InChI is InChI=1S/C16H23NO2/c1-3-13(4-2)14-6-5-7-15(12-14)16(18)17-8-10-19-11-9-17/h5-7,12-13H,3-4,8-11H2,1-2H3. The van der Waals surface area contributed by atoms with E-state index in [0.29, 0.717) is 32.2 Å². The van der Waals surface area contributed by atoms with Crippen LogP contribution < -0.4 is 0 Å². The third-order valence-corrected chi connectivity index (χ3v) is 3.89. The molecule has 104 valence electrons. The van der Waals surface area contributed by atoms with Crippen LogP contribution in [0.4, 0.5) is 0 Å². The number of rotatable bonds is 4. The van der Waals surface area contributed by atoms with Crippen molar-refractivity contribution in [1.82, 2.24) is 4.90 Å². The lowest BCUT2D eigenvalue weighted by Crippen LogP contribution is -2.40. The van der Waals surface area contributed by atoms with Gasteiger partial charge in [-0.25, -0.2) is 0 Å². The number of carbonyl (C=O) groups excluding carboxylic acids is 1. The fourth-order valence-electron chi connectivity index (χ4n) is 2.63. The summed E-state index contributed by atoms with van der Waals surface area (Å²) in [5.41, 5.74) is 2.09. The van der Waals surface area contributed by atoms with Crippen LogP contribution in [-0.4, -0.2) is 37.1 Å². The first-order chi connectivity index (χ1) is 9.26. The molecule has 1 aliphatic heterocycles. The van der Waals surface area contributed by atoms with E-state index in [2.05, 4.69) is 26.0 Å². The van der Waals surface area contributed by atoms with E-state index in [9.17, 15) is 4.79 Å². The Bertz CT molecular complexity index is 421. The lowest BCUT2D eigenvalue weighted by molar-refractivity contribution is 0.0303. The Morgan fingerprint density at radius 3 is 2.58 bits per heavy atom. The van der Waals surface area contributed by atoms with Gasteiger partial charge in [-0.1, -0.05) is 26.0 Å². The zero-order valence-corrected chi connectivity index (χ0v) is 11.9. The number of ether oxygens (including phenoxy) is 1. The van der Waals surface area contributed by atoms with E-state index >= 15 is 0 Å². The molecule has 1 aliphatic rings.